The predicted molar refractivity (Wildman–Crippen MR) is 106 cm³/mol. The highest BCUT2D eigenvalue weighted by atomic mass is 19.1. The Balaban J connectivity index is 1.93. The Labute approximate surface area is 168 Å². The Bertz CT molecular complexity index is 1230. The van der Waals surface area contributed by atoms with Crippen molar-refractivity contribution >= 4 is 17.9 Å². The summed E-state index contributed by atoms with van der Waals surface area (Å²) in [6.45, 7) is 0. The van der Waals surface area contributed by atoms with Gasteiger partial charge in [0.1, 0.15) is 17.4 Å². The summed E-state index contributed by atoms with van der Waals surface area (Å²) in [5, 5.41) is 24.1. The lowest BCUT2D eigenvalue weighted by Crippen LogP contribution is -2.16. The van der Waals surface area contributed by atoms with Crippen LogP contribution in [0.3, 0.4) is 0 Å². The fraction of sp³-hybridized carbons (Fsp3) is 0.0526. The number of hydrogen-bond donors (Lipinski definition) is 2. The minimum Gasteiger partial charge on any atom is -0.490 e. The van der Waals surface area contributed by atoms with Crippen LogP contribution in [-0.4, -0.2) is 28.2 Å². The number of aromatic amines is 1. The number of H-pyrrole nitrogens is 1. The van der Waals surface area contributed by atoms with Gasteiger partial charge >= 0.3 is 5.69 Å². The number of methoxy groups -OCH3 is 1. The highest BCUT2D eigenvalue weighted by Gasteiger charge is 2.18. The summed E-state index contributed by atoms with van der Waals surface area (Å²) in [7, 11) is 1.19. The topological polar surface area (TPSA) is 146 Å². The van der Waals surface area contributed by atoms with E-state index in [1.807, 2.05) is 6.07 Å². The van der Waals surface area contributed by atoms with Crippen LogP contribution in [0.15, 0.2) is 52.4 Å². The number of nitrogens with zero attached hydrogens (tertiary/aromatic N) is 4. The van der Waals surface area contributed by atoms with Crippen LogP contribution in [0.2, 0.25) is 0 Å². The molecule has 0 aliphatic heterocycles. The molecule has 2 N–H and O–H groups in total. The number of benzene rings is 2. The maximum absolute atomic E-state index is 14.1. The largest absolute Gasteiger partial charge is 0.490 e. The van der Waals surface area contributed by atoms with Crippen LogP contribution in [0.1, 0.15) is 11.1 Å². The van der Waals surface area contributed by atoms with Gasteiger partial charge in [0.2, 0.25) is 5.95 Å². The van der Waals surface area contributed by atoms with Gasteiger partial charge in [0.15, 0.2) is 5.75 Å². The second kappa shape index (κ2) is 8.61. The molecule has 150 valence electrons. The summed E-state index contributed by atoms with van der Waals surface area (Å²) in [6.07, 6.45) is 0.988. The standard InChI is InChI=1S/C19H13FN6O4/c1-30-16-8-14(20)12(7-15(16)26(28)29)10-22-25-19-23-17(11-5-3-2-4-6-11)13(9-21)18(27)24-19/h2-8,10H,1H3,(H2,23,24,25,27). The molecule has 0 spiro atoms. The van der Waals surface area contributed by atoms with E-state index in [-0.39, 0.29) is 28.5 Å². The molecule has 11 heteroatoms. The summed E-state index contributed by atoms with van der Waals surface area (Å²) in [4.78, 5) is 29.1. The fourth-order valence-corrected chi connectivity index (χ4v) is 2.56. The minimum atomic E-state index is -0.797. The number of hydrogen-bond acceptors (Lipinski definition) is 8. The molecular weight excluding hydrogens is 395 g/mol. The van der Waals surface area contributed by atoms with Crippen molar-refractivity contribution in [1.82, 2.24) is 9.97 Å². The van der Waals surface area contributed by atoms with Crippen molar-refractivity contribution in [2.45, 2.75) is 0 Å². The van der Waals surface area contributed by atoms with E-state index in [4.69, 9.17) is 4.74 Å². The molecule has 0 radical (unpaired) electrons. The predicted octanol–water partition coefficient (Wildman–Crippen LogP) is 2.81. The number of nitro groups is 1. The Morgan fingerprint density at radius 3 is 2.73 bits per heavy atom. The molecule has 10 nitrogen and oxygen atoms in total. The number of nitriles is 1. The molecular formula is C19H13FN6O4. The van der Waals surface area contributed by atoms with Crippen LogP contribution >= 0.6 is 0 Å². The number of nitro benzene ring substituents is 1. The molecule has 1 aromatic heterocycles. The van der Waals surface area contributed by atoms with Gasteiger partial charge in [-0.05, 0) is 0 Å². The minimum absolute atomic E-state index is 0.0995. The number of hydrazone groups is 1. The van der Waals surface area contributed by atoms with Crippen LogP contribution in [0.4, 0.5) is 16.0 Å². The summed E-state index contributed by atoms with van der Waals surface area (Å²) >= 11 is 0. The molecule has 0 aliphatic rings. The first-order valence-electron chi connectivity index (χ1n) is 8.35. The smallest absolute Gasteiger partial charge is 0.311 e. The van der Waals surface area contributed by atoms with Gasteiger partial charge < -0.3 is 4.74 Å². The van der Waals surface area contributed by atoms with Crippen molar-refractivity contribution in [3.63, 3.8) is 0 Å². The normalized spacial score (nSPS) is 10.6. The van der Waals surface area contributed by atoms with Gasteiger partial charge in [-0.3, -0.25) is 19.9 Å². The van der Waals surface area contributed by atoms with Gasteiger partial charge in [0.05, 0.1) is 23.9 Å². The van der Waals surface area contributed by atoms with Gasteiger partial charge in [0.25, 0.3) is 5.56 Å². The molecule has 0 unspecified atom stereocenters. The molecule has 0 aliphatic carbocycles. The maximum Gasteiger partial charge on any atom is 0.311 e. The first-order valence-corrected chi connectivity index (χ1v) is 8.35. The van der Waals surface area contributed by atoms with Gasteiger partial charge in [-0.2, -0.15) is 10.4 Å². The van der Waals surface area contributed by atoms with E-state index in [9.17, 15) is 24.6 Å². The quantitative estimate of drug-likeness (QED) is 0.362. The van der Waals surface area contributed by atoms with E-state index in [1.54, 1.807) is 30.3 Å². The first-order chi connectivity index (χ1) is 14.4. The van der Waals surface area contributed by atoms with Crippen LogP contribution in [0, 0.1) is 27.3 Å². The van der Waals surface area contributed by atoms with Crippen LogP contribution in [0.25, 0.3) is 11.3 Å². The fourth-order valence-electron chi connectivity index (χ4n) is 2.56. The third-order valence-corrected chi connectivity index (χ3v) is 3.95. The molecule has 0 fully saturated rings. The van der Waals surface area contributed by atoms with Crippen LogP contribution < -0.4 is 15.7 Å². The third kappa shape index (κ3) is 4.12. The molecule has 3 rings (SSSR count). The second-order valence-electron chi connectivity index (χ2n) is 5.79. The van der Waals surface area contributed by atoms with Crippen molar-refractivity contribution in [2.24, 2.45) is 5.10 Å². The molecule has 0 saturated carbocycles. The van der Waals surface area contributed by atoms with E-state index >= 15 is 0 Å². The first kappa shape index (κ1) is 20.2. The number of anilines is 1. The van der Waals surface area contributed by atoms with Crippen molar-refractivity contribution in [3.05, 3.63) is 79.9 Å². The van der Waals surface area contributed by atoms with E-state index < -0.39 is 22.0 Å². The van der Waals surface area contributed by atoms with Crippen molar-refractivity contribution in [3.8, 4) is 23.1 Å². The molecule has 2 aromatic carbocycles. The summed E-state index contributed by atoms with van der Waals surface area (Å²) in [5.41, 5.74) is 1.64. The Morgan fingerprint density at radius 2 is 2.10 bits per heavy atom. The lowest BCUT2D eigenvalue weighted by Gasteiger charge is -2.06. The lowest BCUT2D eigenvalue weighted by molar-refractivity contribution is -0.385. The Morgan fingerprint density at radius 1 is 1.37 bits per heavy atom. The highest BCUT2D eigenvalue weighted by molar-refractivity contribution is 5.82. The van der Waals surface area contributed by atoms with E-state index in [0.717, 1.165) is 18.3 Å². The van der Waals surface area contributed by atoms with Crippen molar-refractivity contribution in [1.29, 1.82) is 5.26 Å². The molecule has 1 heterocycles. The average molecular weight is 408 g/mol. The zero-order valence-corrected chi connectivity index (χ0v) is 15.4. The van der Waals surface area contributed by atoms with Crippen LogP contribution in [-0.2, 0) is 0 Å². The van der Waals surface area contributed by atoms with Crippen molar-refractivity contribution in [2.75, 3.05) is 12.5 Å². The monoisotopic (exact) mass is 408 g/mol. The van der Waals surface area contributed by atoms with Crippen LogP contribution in [0.5, 0.6) is 5.75 Å². The van der Waals surface area contributed by atoms with Gasteiger partial charge in [-0.1, -0.05) is 30.3 Å². The zero-order chi connectivity index (χ0) is 21.7. The Hall–Kier alpha value is -4.59. The van der Waals surface area contributed by atoms with Crippen molar-refractivity contribution < 1.29 is 14.1 Å². The van der Waals surface area contributed by atoms with Gasteiger partial charge in [-0.25, -0.2) is 14.8 Å². The maximum atomic E-state index is 14.1. The lowest BCUT2D eigenvalue weighted by atomic mass is 10.1. The van der Waals surface area contributed by atoms with Gasteiger partial charge in [0, 0.05) is 23.3 Å². The summed E-state index contributed by atoms with van der Waals surface area (Å²) in [6, 6.07) is 12.2. The molecule has 3 aromatic rings. The average Bonchev–Trinajstić information content (AvgIpc) is 2.74. The summed E-state index contributed by atoms with van der Waals surface area (Å²) < 4.78 is 18.9. The molecule has 0 atom stereocenters. The second-order valence-corrected chi connectivity index (χ2v) is 5.79. The van der Waals surface area contributed by atoms with Gasteiger partial charge in [-0.15, -0.1) is 0 Å². The summed E-state index contributed by atoms with van der Waals surface area (Å²) in [5.74, 6) is -1.13. The molecule has 0 bridgehead atoms. The Kier molecular flexibility index (Phi) is 5.79. The molecule has 0 amide bonds. The molecule has 0 saturated heterocycles. The number of nitrogens with one attached hydrogen (secondary N) is 2. The number of rotatable bonds is 6. The number of halogens is 1. The van der Waals surface area contributed by atoms with E-state index in [2.05, 4.69) is 20.5 Å². The number of aromatic nitrogens is 2. The van der Waals surface area contributed by atoms with E-state index in [0.29, 0.717) is 5.56 Å². The third-order valence-electron chi connectivity index (χ3n) is 3.95. The zero-order valence-electron chi connectivity index (χ0n) is 15.4. The van der Waals surface area contributed by atoms with E-state index in [1.165, 1.54) is 7.11 Å². The number of ether oxygens (including phenoxy) is 1. The molecule has 30 heavy (non-hydrogen) atoms. The SMILES string of the molecule is COc1cc(F)c(C=NNc2nc(-c3ccccc3)c(C#N)c(=O)[nH]2)cc1[N+](=O)[O-]. The highest BCUT2D eigenvalue weighted by Crippen LogP contribution is 2.29.